The highest BCUT2D eigenvalue weighted by molar-refractivity contribution is 5.76. The maximum absolute atomic E-state index is 12.6. The van der Waals surface area contributed by atoms with E-state index < -0.39 is 0 Å². The van der Waals surface area contributed by atoms with Crippen molar-refractivity contribution in [2.24, 2.45) is 5.92 Å². The Labute approximate surface area is 149 Å². The third-order valence-corrected chi connectivity index (χ3v) is 5.30. The molecular weight excluding hydrogens is 318 g/mol. The molecule has 1 saturated carbocycles. The first-order valence-electron chi connectivity index (χ1n) is 9.56. The second-order valence-corrected chi connectivity index (χ2v) is 7.15. The molecule has 1 atom stereocenters. The van der Waals surface area contributed by atoms with Crippen LogP contribution in [0.4, 0.5) is 0 Å². The number of methoxy groups -OCH3 is 1. The number of amides is 1. The first kappa shape index (κ1) is 18.0. The van der Waals surface area contributed by atoms with Gasteiger partial charge in [0.05, 0.1) is 13.7 Å². The summed E-state index contributed by atoms with van der Waals surface area (Å²) in [6, 6.07) is 2.03. The fourth-order valence-electron chi connectivity index (χ4n) is 3.88. The van der Waals surface area contributed by atoms with Crippen LogP contribution in [0.5, 0.6) is 11.9 Å². The van der Waals surface area contributed by atoms with Crippen LogP contribution in [-0.2, 0) is 4.79 Å². The van der Waals surface area contributed by atoms with E-state index in [2.05, 4.69) is 9.97 Å². The SMILES string of the molecule is COc1nccc(OC2CCCN(C(=O)CCC3CCCCC3)C2)n1. The number of hydrogen-bond acceptors (Lipinski definition) is 5. The number of piperidine rings is 1. The summed E-state index contributed by atoms with van der Waals surface area (Å²) >= 11 is 0. The molecule has 1 unspecified atom stereocenters. The molecule has 0 aromatic carbocycles. The Morgan fingerprint density at radius 2 is 2.08 bits per heavy atom. The molecule has 1 aromatic heterocycles. The van der Waals surface area contributed by atoms with E-state index in [9.17, 15) is 4.79 Å². The lowest BCUT2D eigenvalue weighted by molar-refractivity contribution is -0.134. The van der Waals surface area contributed by atoms with E-state index in [0.29, 0.717) is 24.9 Å². The molecule has 0 spiro atoms. The molecular formula is C19H29N3O3. The van der Waals surface area contributed by atoms with Crippen LogP contribution in [0.3, 0.4) is 0 Å². The van der Waals surface area contributed by atoms with Crippen LogP contribution in [0, 0.1) is 5.92 Å². The number of carbonyl (C=O) groups is 1. The summed E-state index contributed by atoms with van der Waals surface area (Å²) in [5.74, 6) is 1.54. The van der Waals surface area contributed by atoms with Gasteiger partial charge in [0.15, 0.2) is 0 Å². The summed E-state index contributed by atoms with van der Waals surface area (Å²) in [6.07, 6.45) is 11.9. The van der Waals surface area contributed by atoms with E-state index in [-0.39, 0.29) is 12.0 Å². The van der Waals surface area contributed by atoms with Gasteiger partial charge in [-0.25, -0.2) is 4.98 Å². The third-order valence-electron chi connectivity index (χ3n) is 5.30. The largest absolute Gasteiger partial charge is 0.472 e. The first-order valence-corrected chi connectivity index (χ1v) is 9.56. The van der Waals surface area contributed by atoms with Crippen LogP contribution < -0.4 is 9.47 Å². The molecule has 6 heteroatoms. The second kappa shape index (κ2) is 9.02. The van der Waals surface area contributed by atoms with Gasteiger partial charge in [0.25, 0.3) is 0 Å². The van der Waals surface area contributed by atoms with E-state index in [1.807, 2.05) is 4.90 Å². The maximum Gasteiger partial charge on any atom is 0.319 e. The molecule has 2 fully saturated rings. The summed E-state index contributed by atoms with van der Waals surface area (Å²) in [6.45, 7) is 1.49. The zero-order valence-corrected chi connectivity index (χ0v) is 15.2. The molecule has 1 aromatic rings. The van der Waals surface area contributed by atoms with Gasteiger partial charge in [0.1, 0.15) is 6.10 Å². The van der Waals surface area contributed by atoms with Crippen molar-refractivity contribution in [2.45, 2.75) is 63.9 Å². The molecule has 1 aliphatic heterocycles. The van der Waals surface area contributed by atoms with Crippen LogP contribution in [0.25, 0.3) is 0 Å². The van der Waals surface area contributed by atoms with Crippen LogP contribution in [-0.4, -0.2) is 47.1 Å². The van der Waals surface area contributed by atoms with Crippen molar-refractivity contribution in [3.05, 3.63) is 12.3 Å². The minimum absolute atomic E-state index is 0.00742. The molecule has 6 nitrogen and oxygen atoms in total. The molecule has 138 valence electrons. The average molecular weight is 347 g/mol. The zero-order valence-electron chi connectivity index (χ0n) is 15.2. The Morgan fingerprint density at radius 1 is 1.24 bits per heavy atom. The summed E-state index contributed by atoms with van der Waals surface area (Å²) in [5.41, 5.74) is 0. The first-order chi connectivity index (χ1) is 12.2. The minimum Gasteiger partial charge on any atom is -0.472 e. The van der Waals surface area contributed by atoms with Crippen LogP contribution in [0.2, 0.25) is 0 Å². The van der Waals surface area contributed by atoms with Crippen molar-refractivity contribution in [3.8, 4) is 11.9 Å². The molecule has 3 rings (SSSR count). The molecule has 2 aliphatic rings. The Morgan fingerprint density at radius 3 is 2.88 bits per heavy atom. The van der Waals surface area contributed by atoms with Gasteiger partial charge in [-0.1, -0.05) is 32.1 Å². The number of hydrogen-bond donors (Lipinski definition) is 0. The summed E-state index contributed by atoms with van der Waals surface area (Å²) < 4.78 is 11.0. The number of aromatic nitrogens is 2. The van der Waals surface area contributed by atoms with Crippen LogP contribution in [0.1, 0.15) is 57.8 Å². The summed E-state index contributed by atoms with van der Waals surface area (Å²) in [7, 11) is 1.53. The lowest BCUT2D eigenvalue weighted by atomic mass is 9.86. The van der Waals surface area contributed by atoms with E-state index in [0.717, 1.165) is 31.7 Å². The van der Waals surface area contributed by atoms with Gasteiger partial charge in [-0.05, 0) is 25.2 Å². The number of likely N-dealkylation sites (tertiary alicyclic amines) is 1. The number of ether oxygens (including phenoxy) is 2. The molecule has 1 saturated heterocycles. The van der Waals surface area contributed by atoms with Crippen molar-refractivity contribution in [2.75, 3.05) is 20.2 Å². The topological polar surface area (TPSA) is 64.6 Å². The van der Waals surface area contributed by atoms with E-state index in [1.165, 1.54) is 39.2 Å². The van der Waals surface area contributed by atoms with Crippen molar-refractivity contribution >= 4 is 5.91 Å². The molecule has 25 heavy (non-hydrogen) atoms. The van der Waals surface area contributed by atoms with Gasteiger partial charge in [-0.3, -0.25) is 4.79 Å². The predicted octanol–water partition coefficient (Wildman–Crippen LogP) is 3.22. The molecule has 2 heterocycles. The maximum atomic E-state index is 12.6. The number of carbonyl (C=O) groups excluding carboxylic acids is 1. The Hall–Kier alpha value is -1.85. The van der Waals surface area contributed by atoms with Crippen molar-refractivity contribution in [1.29, 1.82) is 0 Å². The second-order valence-electron chi connectivity index (χ2n) is 7.15. The van der Waals surface area contributed by atoms with Crippen molar-refractivity contribution in [1.82, 2.24) is 14.9 Å². The average Bonchev–Trinajstić information content (AvgIpc) is 2.67. The Bertz CT molecular complexity index is 561. The monoisotopic (exact) mass is 347 g/mol. The van der Waals surface area contributed by atoms with Crippen molar-refractivity contribution in [3.63, 3.8) is 0 Å². The summed E-state index contributed by atoms with van der Waals surface area (Å²) in [5, 5.41) is 0. The highest BCUT2D eigenvalue weighted by Crippen LogP contribution is 2.28. The van der Waals surface area contributed by atoms with E-state index in [4.69, 9.17) is 9.47 Å². The minimum atomic E-state index is -0.00742. The lowest BCUT2D eigenvalue weighted by Crippen LogP contribution is -2.44. The fourth-order valence-corrected chi connectivity index (χ4v) is 3.88. The highest BCUT2D eigenvalue weighted by Gasteiger charge is 2.26. The van der Waals surface area contributed by atoms with Gasteiger partial charge in [0, 0.05) is 25.2 Å². The Balaban J connectivity index is 1.47. The van der Waals surface area contributed by atoms with Gasteiger partial charge in [-0.15, -0.1) is 0 Å². The smallest absolute Gasteiger partial charge is 0.319 e. The number of nitrogens with zero attached hydrogens (tertiary/aromatic N) is 3. The standard InChI is InChI=1S/C19H29N3O3/c1-24-19-20-12-11-17(21-19)25-16-8-5-13-22(14-16)18(23)10-9-15-6-3-2-4-7-15/h11-12,15-16H,2-10,13-14H2,1H3. The van der Waals surface area contributed by atoms with Gasteiger partial charge in [0.2, 0.25) is 11.8 Å². The van der Waals surface area contributed by atoms with Crippen LogP contribution >= 0.6 is 0 Å². The zero-order chi connectivity index (χ0) is 17.5. The molecule has 0 bridgehead atoms. The highest BCUT2D eigenvalue weighted by atomic mass is 16.5. The van der Waals surface area contributed by atoms with Gasteiger partial charge in [-0.2, -0.15) is 4.98 Å². The lowest BCUT2D eigenvalue weighted by Gasteiger charge is -2.33. The van der Waals surface area contributed by atoms with Gasteiger partial charge < -0.3 is 14.4 Å². The fraction of sp³-hybridized carbons (Fsp3) is 0.737. The molecule has 0 N–H and O–H groups in total. The third kappa shape index (κ3) is 5.31. The van der Waals surface area contributed by atoms with E-state index in [1.54, 1.807) is 12.3 Å². The van der Waals surface area contributed by atoms with Crippen LogP contribution in [0.15, 0.2) is 12.3 Å². The molecule has 0 radical (unpaired) electrons. The molecule has 1 aliphatic carbocycles. The van der Waals surface area contributed by atoms with E-state index >= 15 is 0 Å². The Kier molecular flexibility index (Phi) is 6.48. The normalized spacial score (nSPS) is 21.8. The van der Waals surface area contributed by atoms with Crippen molar-refractivity contribution < 1.29 is 14.3 Å². The summed E-state index contributed by atoms with van der Waals surface area (Å²) in [4.78, 5) is 22.7. The molecule has 1 amide bonds. The quantitative estimate of drug-likeness (QED) is 0.790. The number of rotatable bonds is 6. The van der Waals surface area contributed by atoms with Gasteiger partial charge >= 0.3 is 6.01 Å². The predicted molar refractivity (Wildman–Crippen MR) is 94.6 cm³/mol.